The Morgan fingerprint density at radius 2 is 1.86 bits per heavy atom. The maximum Gasteiger partial charge on any atom is 0.409 e. The van der Waals surface area contributed by atoms with Crippen LogP contribution in [0.5, 0.6) is 0 Å². The van der Waals surface area contributed by atoms with Crippen molar-refractivity contribution in [3.05, 3.63) is 34.3 Å². The van der Waals surface area contributed by atoms with E-state index in [2.05, 4.69) is 15.9 Å². The van der Waals surface area contributed by atoms with Gasteiger partial charge in [0.1, 0.15) is 5.60 Å². The number of hydrogen-bond donors (Lipinski definition) is 0. The maximum absolute atomic E-state index is 12.9. The number of methoxy groups -OCH3 is 2. The monoisotopic (exact) mass is 449 g/mol. The van der Waals surface area contributed by atoms with Gasteiger partial charge >= 0.3 is 18.0 Å². The lowest BCUT2D eigenvalue weighted by Gasteiger charge is -2.58. The molecule has 0 N–H and O–H groups in total. The summed E-state index contributed by atoms with van der Waals surface area (Å²) in [7, 11) is 2.71. The first kappa shape index (κ1) is 18.0. The number of esters is 2. The van der Waals surface area contributed by atoms with Gasteiger partial charge in [0.2, 0.25) is 0 Å². The molecule has 2 saturated heterocycles. The Kier molecular flexibility index (Phi) is 3.67. The van der Waals surface area contributed by atoms with E-state index in [1.807, 2.05) is 0 Å². The van der Waals surface area contributed by atoms with Crippen molar-refractivity contribution >= 4 is 34.0 Å². The van der Waals surface area contributed by atoms with Crippen LogP contribution in [0.2, 0.25) is 0 Å². The second kappa shape index (κ2) is 5.72. The smallest absolute Gasteiger partial charge is 0.409 e. The molecule has 28 heavy (non-hydrogen) atoms. The quantitative estimate of drug-likeness (QED) is 0.520. The van der Waals surface area contributed by atoms with Crippen LogP contribution in [0, 0.1) is 23.2 Å². The van der Waals surface area contributed by atoms with Crippen LogP contribution >= 0.6 is 15.9 Å². The Morgan fingerprint density at radius 3 is 2.50 bits per heavy atom. The number of carbonyl (C=O) groups excluding carboxylic acids is 3. The van der Waals surface area contributed by atoms with Gasteiger partial charge in [-0.15, -0.1) is 0 Å². The molecule has 5 aliphatic rings. The zero-order chi connectivity index (χ0) is 19.8. The number of carbonyl (C=O) groups is 3. The Bertz CT molecular complexity index is 887. The molecule has 1 amide bonds. The van der Waals surface area contributed by atoms with E-state index in [1.54, 1.807) is 29.2 Å². The van der Waals surface area contributed by atoms with E-state index >= 15 is 0 Å². The lowest BCUT2D eigenvalue weighted by molar-refractivity contribution is -0.205. The third kappa shape index (κ3) is 1.92. The van der Waals surface area contributed by atoms with Gasteiger partial charge in [0.05, 0.1) is 31.2 Å². The van der Waals surface area contributed by atoms with Gasteiger partial charge in [-0.2, -0.15) is 0 Å². The molecular formula is C20H20BrNO6. The second-order valence-corrected chi connectivity index (χ2v) is 9.12. The zero-order valence-electron chi connectivity index (χ0n) is 15.5. The molecule has 3 aliphatic carbocycles. The molecule has 6 bridgehead atoms. The first-order valence-corrected chi connectivity index (χ1v) is 10.1. The van der Waals surface area contributed by atoms with Gasteiger partial charge in [-0.3, -0.25) is 4.79 Å². The summed E-state index contributed by atoms with van der Waals surface area (Å²) in [5.41, 5.74) is -1.04. The van der Waals surface area contributed by atoms with E-state index in [1.165, 1.54) is 14.2 Å². The SMILES string of the molecule is COC(=O)N1C[C@H]2C[C@H]3[C@@H]1[C@]1(C(=O)OC)C[C@@]3(OC(=O)c3ccc(Br)cc3)[C@@H]21. The van der Waals surface area contributed by atoms with Crippen molar-refractivity contribution < 1.29 is 28.6 Å². The number of amides is 1. The number of hydrogen-bond acceptors (Lipinski definition) is 6. The first-order valence-electron chi connectivity index (χ1n) is 9.31. The summed E-state index contributed by atoms with van der Waals surface area (Å²) in [5.74, 6) is -0.802. The normalized spacial score (nSPS) is 38.8. The fourth-order valence-electron chi connectivity index (χ4n) is 6.72. The molecule has 0 radical (unpaired) electrons. The highest BCUT2D eigenvalue weighted by atomic mass is 79.9. The predicted octanol–water partition coefficient (Wildman–Crippen LogP) is 2.62. The summed E-state index contributed by atoms with van der Waals surface area (Å²) in [6, 6.07) is 6.66. The molecule has 148 valence electrons. The number of ether oxygens (including phenoxy) is 3. The molecule has 8 heteroatoms. The lowest BCUT2D eigenvalue weighted by Crippen LogP contribution is -2.69. The van der Waals surface area contributed by atoms with Crippen molar-refractivity contribution in [3.63, 3.8) is 0 Å². The van der Waals surface area contributed by atoms with Gasteiger partial charge in [0, 0.05) is 29.3 Å². The van der Waals surface area contributed by atoms with Gasteiger partial charge in [-0.25, -0.2) is 9.59 Å². The molecule has 0 aromatic heterocycles. The Morgan fingerprint density at radius 1 is 1.14 bits per heavy atom. The van der Waals surface area contributed by atoms with Gasteiger partial charge in [0.25, 0.3) is 0 Å². The van der Waals surface area contributed by atoms with Crippen LogP contribution in [0.1, 0.15) is 23.2 Å². The average Bonchev–Trinajstić information content (AvgIpc) is 3.17. The summed E-state index contributed by atoms with van der Waals surface area (Å²) in [4.78, 5) is 39.7. The minimum atomic E-state index is -0.797. The fraction of sp³-hybridized carbons (Fsp3) is 0.550. The molecule has 1 aromatic rings. The Hall–Kier alpha value is -2.09. The third-order valence-electron chi connectivity index (χ3n) is 7.32. The van der Waals surface area contributed by atoms with Crippen LogP contribution in [0.4, 0.5) is 4.79 Å². The summed E-state index contributed by atoms with van der Waals surface area (Å²) in [6.07, 6.45) is 0.803. The Balaban J connectivity index is 1.50. The van der Waals surface area contributed by atoms with Crippen LogP contribution in [0.15, 0.2) is 28.7 Å². The molecular weight excluding hydrogens is 430 g/mol. The molecule has 3 saturated carbocycles. The van der Waals surface area contributed by atoms with Crippen LogP contribution in [0.25, 0.3) is 0 Å². The summed E-state index contributed by atoms with van der Waals surface area (Å²) >= 11 is 3.36. The Labute approximate surface area is 170 Å². The highest BCUT2D eigenvalue weighted by Crippen LogP contribution is 2.81. The van der Waals surface area contributed by atoms with Crippen molar-refractivity contribution in [1.29, 1.82) is 0 Å². The molecule has 2 heterocycles. The summed E-state index contributed by atoms with van der Waals surface area (Å²) in [6.45, 7) is 0.523. The second-order valence-electron chi connectivity index (χ2n) is 8.21. The van der Waals surface area contributed by atoms with Crippen LogP contribution in [-0.4, -0.2) is 55.3 Å². The lowest BCUT2D eigenvalue weighted by atomic mass is 9.52. The van der Waals surface area contributed by atoms with Crippen molar-refractivity contribution in [2.24, 2.45) is 23.2 Å². The minimum absolute atomic E-state index is 0.0751. The standard InChI is InChI=1S/C20H20BrNO6/c1-26-17(24)19-9-20(28-16(23)10-3-5-12(21)6-4-10)13-7-11(14(19)20)8-22(15(13)19)18(25)27-2/h3-6,11,13-15H,7-9H2,1-2H3/t11-,13+,14+,15-,19+,20+/m1/s1. The van der Waals surface area contributed by atoms with Crippen molar-refractivity contribution in [2.75, 3.05) is 20.8 Å². The van der Waals surface area contributed by atoms with E-state index in [4.69, 9.17) is 14.2 Å². The van der Waals surface area contributed by atoms with Crippen LogP contribution < -0.4 is 0 Å². The number of piperidine rings is 2. The molecule has 0 unspecified atom stereocenters. The molecule has 7 nitrogen and oxygen atoms in total. The van der Waals surface area contributed by atoms with E-state index in [0.717, 1.165) is 10.9 Å². The average molecular weight is 450 g/mol. The third-order valence-corrected chi connectivity index (χ3v) is 7.85. The van der Waals surface area contributed by atoms with E-state index in [0.29, 0.717) is 18.5 Å². The summed E-state index contributed by atoms with van der Waals surface area (Å²) < 4.78 is 17.1. The van der Waals surface area contributed by atoms with Crippen LogP contribution in [-0.2, 0) is 19.0 Å². The minimum Gasteiger partial charge on any atom is -0.469 e. The molecule has 0 spiro atoms. The maximum atomic E-state index is 12.9. The van der Waals surface area contributed by atoms with Crippen molar-refractivity contribution in [2.45, 2.75) is 24.5 Å². The fourth-order valence-corrected chi connectivity index (χ4v) is 6.98. The number of benzene rings is 1. The van der Waals surface area contributed by atoms with E-state index in [9.17, 15) is 14.4 Å². The number of halogens is 1. The van der Waals surface area contributed by atoms with Gasteiger partial charge in [0.15, 0.2) is 0 Å². The highest BCUT2D eigenvalue weighted by Gasteiger charge is 2.91. The van der Waals surface area contributed by atoms with Gasteiger partial charge < -0.3 is 19.1 Å². The number of rotatable bonds is 3. The number of nitrogens with zero attached hydrogens (tertiary/aromatic N) is 1. The predicted molar refractivity (Wildman–Crippen MR) is 99.3 cm³/mol. The number of fused-ring (bicyclic) bond motifs is 1. The molecule has 6 rings (SSSR count). The summed E-state index contributed by atoms with van der Waals surface area (Å²) in [5, 5.41) is 0. The topological polar surface area (TPSA) is 82.1 Å². The molecule has 6 atom stereocenters. The van der Waals surface area contributed by atoms with Crippen molar-refractivity contribution in [3.8, 4) is 0 Å². The largest absolute Gasteiger partial charge is 0.469 e. The van der Waals surface area contributed by atoms with E-state index < -0.39 is 23.1 Å². The van der Waals surface area contributed by atoms with Crippen molar-refractivity contribution in [1.82, 2.24) is 4.90 Å². The van der Waals surface area contributed by atoms with Crippen LogP contribution in [0.3, 0.4) is 0 Å². The first-order chi connectivity index (χ1) is 13.4. The highest BCUT2D eigenvalue weighted by molar-refractivity contribution is 9.10. The van der Waals surface area contributed by atoms with E-state index in [-0.39, 0.29) is 29.8 Å². The molecule has 5 fully saturated rings. The van der Waals surface area contributed by atoms with Gasteiger partial charge in [-0.05, 0) is 36.6 Å². The van der Waals surface area contributed by atoms with Gasteiger partial charge in [-0.1, -0.05) is 15.9 Å². The zero-order valence-corrected chi connectivity index (χ0v) is 17.1. The molecule has 2 aliphatic heterocycles. The molecule has 1 aromatic carbocycles.